The molecule has 3 atom stereocenters. The second kappa shape index (κ2) is 14.3. The molecule has 0 amide bonds. The van der Waals surface area contributed by atoms with Crippen molar-refractivity contribution < 1.29 is 0 Å². The summed E-state index contributed by atoms with van der Waals surface area (Å²) in [6.45, 7) is 23.1. The van der Waals surface area contributed by atoms with Gasteiger partial charge in [0.05, 0.1) is 0 Å². The van der Waals surface area contributed by atoms with Crippen LogP contribution in [0.2, 0.25) is 0 Å². The van der Waals surface area contributed by atoms with Crippen LogP contribution < -0.4 is 0 Å². The van der Waals surface area contributed by atoms with Gasteiger partial charge in [0.15, 0.2) is 0 Å². The normalized spacial score (nSPS) is 15.8. The molecule has 0 aromatic rings. The SMILES string of the molecule is CCC(C)CN(C)C(C)CC.CCC(CN(C)C(C)C)C(C)C. The summed E-state index contributed by atoms with van der Waals surface area (Å²) in [6.07, 6.45) is 3.85. The summed E-state index contributed by atoms with van der Waals surface area (Å²) in [5, 5.41) is 0. The molecule has 2 nitrogen and oxygen atoms in total. The summed E-state index contributed by atoms with van der Waals surface area (Å²) in [4.78, 5) is 4.89. The fraction of sp³-hybridized carbons (Fsp3) is 1.00. The van der Waals surface area contributed by atoms with Gasteiger partial charge >= 0.3 is 0 Å². The van der Waals surface area contributed by atoms with E-state index in [0.29, 0.717) is 6.04 Å². The molecular weight excluding hydrogens is 280 g/mol. The highest BCUT2D eigenvalue weighted by Crippen LogP contribution is 2.16. The standard InChI is InChI=1S/C11H25N.C10H23N/c1-7-11(9(2)3)8-12(6)10(4)5;1-6-9(3)8-11(5)10(4)7-2/h9-11H,7-8H2,1-6H3;9-10H,6-8H2,1-5H3. The predicted octanol–water partition coefficient (Wildman–Crippen LogP) is 5.77. The molecule has 142 valence electrons. The molecule has 0 aliphatic heterocycles. The molecule has 0 aromatic heterocycles. The van der Waals surface area contributed by atoms with E-state index in [0.717, 1.165) is 23.8 Å². The van der Waals surface area contributed by atoms with Crippen LogP contribution in [-0.2, 0) is 0 Å². The maximum atomic E-state index is 2.45. The minimum Gasteiger partial charge on any atom is -0.304 e. The first-order chi connectivity index (χ1) is 10.6. The Morgan fingerprint density at radius 1 is 0.652 bits per heavy atom. The van der Waals surface area contributed by atoms with Gasteiger partial charge in [0.2, 0.25) is 0 Å². The molecule has 0 aliphatic rings. The molecule has 2 heteroatoms. The summed E-state index contributed by atoms with van der Waals surface area (Å²) in [5.41, 5.74) is 0. The molecule has 0 N–H and O–H groups in total. The van der Waals surface area contributed by atoms with Gasteiger partial charge in [-0.3, -0.25) is 0 Å². The minimum absolute atomic E-state index is 0.679. The van der Waals surface area contributed by atoms with Crippen molar-refractivity contribution >= 4 is 0 Å². The molecular formula is C21H48N2. The van der Waals surface area contributed by atoms with Crippen molar-refractivity contribution in [1.82, 2.24) is 9.80 Å². The minimum atomic E-state index is 0.679. The number of hydrogen-bond donors (Lipinski definition) is 0. The molecule has 0 fully saturated rings. The Kier molecular flexibility index (Phi) is 15.6. The zero-order chi connectivity index (χ0) is 18.6. The molecule has 0 saturated heterocycles. The highest BCUT2D eigenvalue weighted by atomic mass is 15.1. The first-order valence-corrected chi connectivity index (χ1v) is 10.0. The lowest BCUT2D eigenvalue weighted by atomic mass is 9.92. The van der Waals surface area contributed by atoms with Crippen molar-refractivity contribution in [2.45, 2.75) is 93.7 Å². The van der Waals surface area contributed by atoms with Gasteiger partial charge in [0.1, 0.15) is 0 Å². The lowest BCUT2D eigenvalue weighted by Gasteiger charge is -2.28. The molecule has 23 heavy (non-hydrogen) atoms. The van der Waals surface area contributed by atoms with E-state index in [1.165, 1.54) is 32.4 Å². The Balaban J connectivity index is 0. The molecule has 0 bridgehead atoms. The third kappa shape index (κ3) is 12.9. The second-order valence-electron chi connectivity index (χ2n) is 8.16. The van der Waals surface area contributed by atoms with Crippen LogP contribution in [0.25, 0.3) is 0 Å². The van der Waals surface area contributed by atoms with E-state index in [4.69, 9.17) is 0 Å². The lowest BCUT2D eigenvalue weighted by molar-refractivity contribution is 0.197. The van der Waals surface area contributed by atoms with Gasteiger partial charge in [-0.05, 0) is 59.0 Å². The largest absolute Gasteiger partial charge is 0.304 e. The number of rotatable bonds is 10. The van der Waals surface area contributed by atoms with E-state index in [-0.39, 0.29) is 0 Å². The van der Waals surface area contributed by atoms with Crippen molar-refractivity contribution in [3.05, 3.63) is 0 Å². The second-order valence-corrected chi connectivity index (χ2v) is 8.16. The van der Waals surface area contributed by atoms with Crippen molar-refractivity contribution in [1.29, 1.82) is 0 Å². The average Bonchev–Trinajstić information content (AvgIpc) is 2.51. The van der Waals surface area contributed by atoms with Gasteiger partial charge in [-0.15, -0.1) is 0 Å². The van der Waals surface area contributed by atoms with Crippen LogP contribution in [0.3, 0.4) is 0 Å². The summed E-state index contributed by atoms with van der Waals surface area (Å²) in [6, 6.07) is 1.42. The van der Waals surface area contributed by atoms with E-state index in [1.54, 1.807) is 0 Å². The Labute approximate surface area is 149 Å². The van der Waals surface area contributed by atoms with Crippen molar-refractivity contribution in [3.63, 3.8) is 0 Å². The fourth-order valence-corrected chi connectivity index (χ4v) is 2.50. The van der Waals surface area contributed by atoms with E-state index < -0.39 is 0 Å². The van der Waals surface area contributed by atoms with Gasteiger partial charge in [-0.25, -0.2) is 0 Å². The monoisotopic (exact) mass is 328 g/mol. The Morgan fingerprint density at radius 3 is 1.48 bits per heavy atom. The smallest absolute Gasteiger partial charge is 0.00613 e. The summed E-state index contributed by atoms with van der Waals surface area (Å²) >= 11 is 0. The van der Waals surface area contributed by atoms with Crippen LogP contribution in [0, 0.1) is 17.8 Å². The summed E-state index contributed by atoms with van der Waals surface area (Å²) in [5.74, 6) is 2.52. The molecule has 0 aromatic carbocycles. The van der Waals surface area contributed by atoms with E-state index in [1.807, 2.05) is 0 Å². The molecule has 0 radical (unpaired) electrons. The lowest BCUT2D eigenvalue weighted by Crippen LogP contribution is -2.33. The van der Waals surface area contributed by atoms with Crippen LogP contribution >= 0.6 is 0 Å². The van der Waals surface area contributed by atoms with Crippen LogP contribution in [0.4, 0.5) is 0 Å². The van der Waals surface area contributed by atoms with Crippen LogP contribution in [0.5, 0.6) is 0 Å². The number of hydrogen-bond acceptors (Lipinski definition) is 2. The zero-order valence-corrected chi connectivity index (χ0v) is 18.3. The Morgan fingerprint density at radius 2 is 1.17 bits per heavy atom. The average molecular weight is 329 g/mol. The Hall–Kier alpha value is -0.0800. The maximum Gasteiger partial charge on any atom is 0.00613 e. The zero-order valence-electron chi connectivity index (χ0n) is 18.3. The summed E-state index contributed by atoms with van der Waals surface area (Å²) < 4.78 is 0. The van der Waals surface area contributed by atoms with Gasteiger partial charge in [0.25, 0.3) is 0 Å². The first kappa shape index (κ1) is 25.2. The van der Waals surface area contributed by atoms with Crippen molar-refractivity contribution in [3.8, 4) is 0 Å². The molecule has 3 unspecified atom stereocenters. The van der Waals surface area contributed by atoms with E-state index in [2.05, 4.69) is 86.2 Å². The van der Waals surface area contributed by atoms with Gasteiger partial charge in [-0.2, -0.15) is 0 Å². The quantitative estimate of drug-likeness (QED) is 0.502. The highest BCUT2D eigenvalue weighted by molar-refractivity contribution is 4.67. The van der Waals surface area contributed by atoms with Gasteiger partial charge in [0, 0.05) is 25.2 Å². The maximum absolute atomic E-state index is 2.45. The van der Waals surface area contributed by atoms with E-state index >= 15 is 0 Å². The van der Waals surface area contributed by atoms with E-state index in [9.17, 15) is 0 Å². The number of nitrogens with zero attached hydrogens (tertiary/aromatic N) is 2. The molecule has 0 spiro atoms. The topological polar surface area (TPSA) is 6.48 Å². The third-order valence-electron chi connectivity index (χ3n) is 5.51. The highest BCUT2D eigenvalue weighted by Gasteiger charge is 2.14. The fourth-order valence-electron chi connectivity index (χ4n) is 2.50. The summed E-state index contributed by atoms with van der Waals surface area (Å²) in [7, 11) is 4.44. The molecule has 0 saturated carbocycles. The van der Waals surface area contributed by atoms with Gasteiger partial charge in [-0.1, -0.05) is 54.4 Å². The molecule has 0 heterocycles. The predicted molar refractivity (Wildman–Crippen MR) is 108 cm³/mol. The molecule has 0 aliphatic carbocycles. The molecule has 0 rings (SSSR count). The third-order valence-corrected chi connectivity index (χ3v) is 5.51. The van der Waals surface area contributed by atoms with Crippen molar-refractivity contribution in [2.24, 2.45) is 17.8 Å². The van der Waals surface area contributed by atoms with Crippen LogP contribution in [0.1, 0.15) is 81.6 Å². The van der Waals surface area contributed by atoms with Crippen LogP contribution in [-0.4, -0.2) is 49.1 Å². The van der Waals surface area contributed by atoms with Crippen LogP contribution in [0.15, 0.2) is 0 Å². The first-order valence-electron chi connectivity index (χ1n) is 10.0. The Bertz CT molecular complexity index is 250. The van der Waals surface area contributed by atoms with Crippen molar-refractivity contribution in [2.75, 3.05) is 27.2 Å². The van der Waals surface area contributed by atoms with Gasteiger partial charge < -0.3 is 9.80 Å².